The van der Waals surface area contributed by atoms with Crippen LogP contribution in [0.1, 0.15) is 23.2 Å². The Morgan fingerprint density at radius 3 is 2.64 bits per heavy atom. The standard InChI is InChI=1S/C23H25N3O7/c27-17(13-31-18-7-8-19-20(10-18)33-14-32-19)11-24-21(28)12-25-23(30)15-3-5-16(6-4-15)26-9-1-2-22(26)29/h3-8,10,17,27H,1-2,9,11-14H2,(H,24,28)(H,25,30). The van der Waals surface area contributed by atoms with Crippen molar-refractivity contribution in [3.63, 3.8) is 0 Å². The van der Waals surface area contributed by atoms with Crippen molar-refractivity contribution in [1.29, 1.82) is 0 Å². The van der Waals surface area contributed by atoms with Crippen LogP contribution in [0.25, 0.3) is 0 Å². The molecule has 4 rings (SSSR count). The van der Waals surface area contributed by atoms with Crippen LogP contribution in [0, 0.1) is 0 Å². The number of ether oxygens (including phenoxy) is 3. The highest BCUT2D eigenvalue weighted by Gasteiger charge is 2.21. The molecule has 0 bridgehead atoms. The molecule has 0 radical (unpaired) electrons. The Morgan fingerprint density at radius 1 is 1.09 bits per heavy atom. The molecule has 2 heterocycles. The van der Waals surface area contributed by atoms with Crippen LogP contribution < -0.4 is 29.7 Å². The fraction of sp³-hybridized carbons (Fsp3) is 0.348. The minimum Gasteiger partial charge on any atom is -0.491 e. The number of benzene rings is 2. The predicted octanol–water partition coefficient (Wildman–Crippen LogP) is 0.828. The number of carbonyl (C=O) groups excluding carboxylic acids is 3. The van der Waals surface area contributed by atoms with Crippen molar-refractivity contribution in [2.75, 3.05) is 37.9 Å². The number of fused-ring (bicyclic) bond motifs is 1. The summed E-state index contributed by atoms with van der Waals surface area (Å²) in [6.45, 7) is 0.546. The average molecular weight is 455 g/mol. The first-order valence-electron chi connectivity index (χ1n) is 10.7. The highest BCUT2D eigenvalue weighted by atomic mass is 16.7. The van der Waals surface area contributed by atoms with Gasteiger partial charge in [0, 0.05) is 36.8 Å². The van der Waals surface area contributed by atoms with Gasteiger partial charge in [0.15, 0.2) is 11.5 Å². The molecule has 174 valence electrons. The number of amides is 3. The van der Waals surface area contributed by atoms with Gasteiger partial charge in [-0.15, -0.1) is 0 Å². The van der Waals surface area contributed by atoms with Crippen molar-refractivity contribution in [2.24, 2.45) is 0 Å². The van der Waals surface area contributed by atoms with Crippen LogP contribution in [0.3, 0.4) is 0 Å². The minimum absolute atomic E-state index is 0.0296. The monoisotopic (exact) mass is 455 g/mol. The Hall–Kier alpha value is -3.79. The van der Waals surface area contributed by atoms with Gasteiger partial charge in [-0.2, -0.15) is 0 Å². The Labute approximate surface area is 190 Å². The van der Waals surface area contributed by atoms with Gasteiger partial charge < -0.3 is 34.9 Å². The molecule has 1 unspecified atom stereocenters. The summed E-state index contributed by atoms with van der Waals surface area (Å²) in [5, 5.41) is 15.1. The van der Waals surface area contributed by atoms with Crippen molar-refractivity contribution in [3.8, 4) is 17.2 Å². The number of aliphatic hydroxyl groups is 1. The first-order chi connectivity index (χ1) is 16.0. The molecule has 0 aromatic heterocycles. The minimum atomic E-state index is -0.934. The zero-order chi connectivity index (χ0) is 23.2. The van der Waals surface area contributed by atoms with Gasteiger partial charge in [-0.1, -0.05) is 0 Å². The molecular formula is C23H25N3O7. The molecule has 2 aliphatic heterocycles. The van der Waals surface area contributed by atoms with E-state index in [-0.39, 0.29) is 32.4 Å². The predicted molar refractivity (Wildman–Crippen MR) is 117 cm³/mol. The van der Waals surface area contributed by atoms with Crippen LogP contribution in [-0.4, -0.2) is 62.0 Å². The number of aliphatic hydroxyl groups excluding tert-OH is 1. The number of rotatable bonds is 9. The quantitative estimate of drug-likeness (QED) is 0.511. The maximum absolute atomic E-state index is 12.3. The van der Waals surface area contributed by atoms with E-state index in [1.54, 1.807) is 47.4 Å². The van der Waals surface area contributed by atoms with Gasteiger partial charge in [0.2, 0.25) is 18.6 Å². The molecule has 1 atom stereocenters. The maximum atomic E-state index is 12.3. The summed E-state index contributed by atoms with van der Waals surface area (Å²) in [6.07, 6.45) is 0.433. The summed E-state index contributed by atoms with van der Waals surface area (Å²) in [5.41, 5.74) is 1.14. The van der Waals surface area contributed by atoms with E-state index in [0.717, 1.165) is 12.1 Å². The first kappa shape index (κ1) is 22.4. The summed E-state index contributed by atoms with van der Waals surface area (Å²) in [6, 6.07) is 11.7. The Bertz CT molecular complexity index is 1030. The van der Waals surface area contributed by atoms with E-state index in [1.807, 2.05) is 0 Å². The number of nitrogens with one attached hydrogen (secondary N) is 2. The van der Waals surface area contributed by atoms with Crippen LogP contribution in [0.4, 0.5) is 5.69 Å². The van der Waals surface area contributed by atoms with E-state index in [1.165, 1.54) is 0 Å². The third-order valence-corrected chi connectivity index (χ3v) is 5.25. The van der Waals surface area contributed by atoms with Crippen molar-refractivity contribution < 1.29 is 33.7 Å². The lowest BCUT2D eigenvalue weighted by molar-refractivity contribution is -0.120. The summed E-state index contributed by atoms with van der Waals surface area (Å²) in [5.74, 6) is 0.949. The van der Waals surface area contributed by atoms with E-state index < -0.39 is 17.9 Å². The zero-order valence-electron chi connectivity index (χ0n) is 17.9. The van der Waals surface area contributed by atoms with Gasteiger partial charge in [0.25, 0.3) is 5.91 Å². The van der Waals surface area contributed by atoms with Gasteiger partial charge in [-0.3, -0.25) is 14.4 Å². The largest absolute Gasteiger partial charge is 0.491 e. The molecule has 0 saturated carbocycles. The molecule has 10 nitrogen and oxygen atoms in total. The van der Waals surface area contributed by atoms with Gasteiger partial charge in [0.1, 0.15) is 18.5 Å². The van der Waals surface area contributed by atoms with Crippen LogP contribution in [0.2, 0.25) is 0 Å². The number of hydrogen-bond acceptors (Lipinski definition) is 7. The van der Waals surface area contributed by atoms with Crippen molar-refractivity contribution >= 4 is 23.4 Å². The molecular weight excluding hydrogens is 430 g/mol. The Kier molecular flexibility index (Phi) is 6.94. The van der Waals surface area contributed by atoms with Gasteiger partial charge in [-0.25, -0.2) is 0 Å². The lowest BCUT2D eigenvalue weighted by Gasteiger charge is -2.16. The zero-order valence-corrected chi connectivity index (χ0v) is 17.9. The summed E-state index contributed by atoms with van der Waals surface area (Å²) < 4.78 is 16.0. The number of hydrogen-bond donors (Lipinski definition) is 3. The third-order valence-electron chi connectivity index (χ3n) is 5.25. The summed E-state index contributed by atoms with van der Waals surface area (Å²) in [7, 11) is 0. The van der Waals surface area contributed by atoms with Crippen LogP contribution in [-0.2, 0) is 9.59 Å². The van der Waals surface area contributed by atoms with E-state index in [2.05, 4.69) is 10.6 Å². The highest BCUT2D eigenvalue weighted by Crippen LogP contribution is 2.35. The van der Waals surface area contributed by atoms with Crippen LogP contribution in [0.5, 0.6) is 17.2 Å². The fourth-order valence-corrected chi connectivity index (χ4v) is 3.49. The number of anilines is 1. The molecule has 1 saturated heterocycles. The Morgan fingerprint density at radius 2 is 1.88 bits per heavy atom. The number of nitrogens with zero attached hydrogens (tertiary/aromatic N) is 1. The van der Waals surface area contributed by atoms with E-state index in [0.29, 0.717) is 35.8 Å². The lowest BCUT2D eigenvalue weighted by atomic mass is 10.2. The summed E-state index contributed by atoms with van der Waals surface area (Å²) in [4.78, 5) is 37.8. The summed E-state index contributed by atoms with van der Waals surface area (Å²) >= 11 is 0. The normalized spacial score (nSPS) is 15.3. The SMILES string of the molecule is O=C(CNC(=O)c1ccc(N2CCCC2=O)cc1)NCC(O)COc1ccc2c(c1)OCO2. The van der Waals surface area contributed by atoms with E-state index in [4.69, 9.17) is 14.2 Å². The van der Waals surface area contributed by atoms with E-state index >= 15 is 0 Å². The second kappa shape index (κ2) is 10.2. The second-order valence-electron chi connectivity index (χ2n) is 7.66. The molecule has 0 aliphatic carbocycles. The number of carbonyl (C=O) groups is 3. The van der Waals surface area contributed by atoms with Gasteiger partial charge in [-0.05, 0) is 42.8 Å². The molecule has 3 amide bonds. The third kappa shape index (κ3) is 5.72. The van der Waals surface area contributed by atoms with E-state index in [9.17, 15) is 19.5 Å². The molecule has 0 spiro atoms. The molecule has 2 aromatic rings. The average Bonchev–Trinajstić information content (AvgIpc) is 3.48. The second-order valence-corrected chi connectivity index (χ2v) is 7.66. The molecule has 10 heteroatoms. The molecule has 2 aliphatic rings. The topological polar surface area (TPSA) is 126 Å². The Balaban J connectivity index is 1.15. The first-order valence-corrected chi connectivity index (χ1v) is 10.7. The highest BCUT2D eigenvalue weighted by molar-refractivity contribution is 5.98. The van der Waals surface area contributed by atoms with Crippen molar-refractivity contribution in [1.82, 2.24) is 10.6 Å². The molecule has 1 fully saturated rings. The smallest absolute Gasteiger partial charge is 0.251 e. The maximum Gasteiger partial charge on any atom is 0.251 e. The van der Waals surface area contributed by atoms with Crippen LogP contribution in [0.15, 0.2) is 42.5 Å². The van der Waals surface area contributed by atoms with Crippen molar-refractivity contribution in [3.05, 3.63) is 48.0 Å². The lowest BCUT2D eigenvalue weighted by Crippen LogP contribution is -2.41. The molecule has 3 N–H and O–H groups in total. The van der Waals surface area contributed by atoms with Gasteiger partial charge in [0.05, 0.1) is 6.54 Å². The fourth-order valence-electron chi connectivity index (χ4n) is 3.49. The molecule has 2 aromatic carbocycles. The van der Waals surface area contributed by atoms with Crippen LogP contribution >= 0.6 is 0 Å². The molecule has 33 heavy (non-hydrogen) atoms. The van der Waals surface area contributed by atoms with Gasteiger partial charge >= 0.3 is 0 Å². The van der Waals surface area contributed by atoms with Crippen molar-refractivity contribution in [2.45, 2.75) is 18.9 Å².